The average Bonchev–Trinajstić information content (AvgIpc) is 2.94. The molecule has 1 amide bonds. The fourth-order valence-corrected chi connectivity index (χ4v) is 4.80. The Kier molecular flexibility index (Phi) is 3.30. The molecule has 1 spiro atoms. The zero-order valence-corrected chi connectivity index (χ0v) is 13.5. The van der Waals surface area contributed by atoms with E-state index < -0.39 is 0 Å². The Labute approximate surface area is 128 Å². The van der Waals surface area contributed by atoms with E-state index in [1.165, 1.54) is 25.7 Å². The molecule has 2 aliphatic carbocycles. The van der Waals surface area contributed by atoms with E-state index in [-0.39, 0.29) is 5.54 Å². The Balaban J connectivity index is 1.56. The van der Waals surface area contributed by atoms with Crippen LogP contribution in [0, 0.1) is 5.92 Å². The summed E-state index contributed by atoms with van der Waals surface area (Å²) in [6, 6.07) is 1.05. The topological polar surface area (TPSA) is 35.6 Å². The van der Waals surface area contributed by atoms with Gasteiger partial charge in [-0.3, -0.25) is 10.1 Å². The zero-order chi connectivity index (χ0) is 14.6. The molecule has 0 aromatic heterocycles. The van der Waals surface area contributed by atoms with Gasteiger partial charge in [-0.05, 0) is 58.4 Å². The van der Waals surface area contributed by atoms with Gasteiger partial charge in [-0.25, -0.2) is 0 Å². The van der Waals surface area contributed by atoms with Crippen LogP contribution in [0.25, 0.3) is 0 Å². The number of hydrogen-bond donors (Lipinski definition) is 1. The first-order chi connectivity index (χ1) is 10.1. The molecule has 4 rings (SSSR count). The average molecular weight is 291 g/mol. The molecule has 4 aliphatic rings. The van der Waals surface area contributed by atoms with Crippen LogP contribution in [-0.2, 0) is 4.79 Å². The lowest BCUT2D eigenvalue weighted by Gasteiger charge is -2.42. The van der Waals surface area contributed by atoms with Crippen LogP contribution >= 0.6 is 0 Å². The van der Waals surface area contributed by atoms with Crippen molar-refractivity contribution in [2.24, 2.45) is 5.92 Å². The SMILES string of the molecule is CC1CC(N2C(=O)C3(CC3)NC2C2CCCC2)CCN1C. The van der Waals surface area contributed by atoms with Crippen molar-refractivity contribution in [2.75, 3.05) is 13.6 Å². The lowest BCUT2D eigenvalue weighted by molar-refractivity contribution is -0.135. The first-order valence-electron chi connectivity index (χ1n) is 8.91. The third-order valence-corrected chi connectivity index (χ3v) is 6.54. The smallest absolute Gasteiger partial charge is 0.244 e. The van der Waals surface area contributed by atoms with Gasteiger partial charge in [0.15, 0.2) is 0 Å². The van der Waals surface area contributed by atoms with Crippen LogP contribution in [0.15, 0.2) is 0 Å². The molecule has 118 valence electrons. The fourth-order valence-electron chi connectivity index (χ4n) is 4.80. The third kappa shape index (κ3) is 2.22. The Hall–Kier alpha value is -0.610. The van der Waals surface area contributed by atoms with Crippen LogP contribution in [0.5, 0.6) is 0 Å². The van der Waals surface area contributed by atoms with E-state index in [2.05, 4.69) is 29.1 Å². The van der Waals surface area contributed by atoms with Gasteiger partial charge in [-0.2, -0.15) is 0 Å². The second-order valence-corrected chi connectivity index (χ2v) is 7.94. The molecule has 2 aliphatic heterocycles. The van der Waals surface area contributed by atoms with Crippen LogP contribution in [0.3, 0.4) is 0 Å². The molecule has 1 N–H and O–H groups in total. The standard InChI is InChI=1S/C17H29N3O/c1-12-11-14(7-10-19(12)2)20-15(13-5-3-4-6-13)18-17(8-9-17)16(20)21/h12-15,18H,3-11H2,1-2H3. The molecule has 4 heteroatoms. The van der Waals surface area contributed by atoms with Gasteiger partial charge in [0.25, 0.3) is 0 Å². The number of rotatable bonds is 2. The zero-order valence-electron chi connectivity index (χ0n) is 13.5. The first-order valence-corrected chi connectivity index (χ1v) is 8.91. The lowest BCUT2D eigenvalue weighted by atomic mass is 9.95. The number of likely N-dealkylation sites (tertiary alicyclic amines) is 1. The molecule has 2 saturated carbocycles. The molecule has 3 unspecified atom stereocenters. The predicted molar refractivity (Wildman–Crippen MR) is 82.8 cm³/mol. The largest absolute Gasteiger partial charge is 0.322 e. The van der Waals surface area contributed by atoms with E-state index in [0.29, 0.717) is 30.1 Å². The van der Waals surface area contributed by atoms with Gasteiger partial charge in [0.05, 0.1) is 11.7 Å². The highest BCUT2D eigenvalue weighted by molar-refractivity contribution is 5.92. The number of nitrogens with zero attached hydrogens (tertiary/aromatic N) is 2. The summed E-state index contributed by atoms with van der Waals surface area (Å²) in [4.78, 5) is 17.7. The van der Waals surface area contributed by atoms with E-state index >= 15 is 0 Å². The number of piperidine rings is 1. The monoisotopic (exact) mass is 291 g/mol. The quantitative estimate of drug-likeness (QED) is 0.844. The van der Waals surface area contributed by atoms with Gasteiger partial charge in [0, 0.05) is 18.6 Å². The second-order valence-electron chi connectivity index (χ2n) is 7.94. The van der Waals surface area contributed by atoms with E-state index in [1.807, 2.05) is 0 Å². The molecule has 2 saturated heterocycles. The van der Waals surface area contributed by atoms with Gasteiger partial charge in [0.1, 0.15) is 0 Å². The van der Waals surface area contributed by atoms with Crippen LogP contribution in [0.4, 0.5) is 0 Å². The van der Waals surface area contributed by atoms with E-state index in [4.69, 9.17) is 0 Å². The maximum atomic E-state index is 13.0. The number of carbonyl (C=O) groups excluding carboxylic acids is 1. The van der Waals surface area contributed by atoms with Gasteiger partial charge in [0.2, 0.25) is 5.91 Å². The van der Waals surface area contributed by atoms with Crippen molar-refractivity contribution >= 4 is 5.91 Å². The van der Waals surface area contributed by atoms with Crippen LogP contribution in [-0.4, -0.2) is 53.1 Å². The molecule has 2 heterocycles. The highest BCUT2D eigenvalue weighted by Crippen LogP contribution is 2.47. The van der Waals surface area contributed by atoms with Crippen molar-refractivity contribution in [3.8, 4) is 0 Å². The van der Waals surface area contributed by atoms with Gasteiger partial charge in [-0.15, -0.1) is 0 Å². The summed E-state index contributed by atoms with van der Waals surface area (Å²) in [5.41, 5.74) is -0.139. The van der Waals surface area contributed by atoms with E-state index in [9.17, 15) is 4.79 Å². The molecular weight excluding hydrogens is 262 g/mol. The Bertz CT molecular complexity index is 428. The fraction of sp³-hybridized carbons (Fsp3) is 0.941. The first kappa shape index (κ1) is 14.0. The summed E-state index contributed by atoms with van der Waals surface area (Å²) in [5.74, 6) is 1.13. The van der Waals surface area contributed by atoms with E-state index in [1.54, 1.807) is 0 Å². The van der Waals surface area contributed by atoms with Crippen molar-refractivity contribution < 1.29 is 4.79 Å². The van der Waals surface area contributed by atoms with Gasteiger partial charge in [-0.1, -0.05) is 12.8 Å². The molecule has 3 atom stereocenters. The van der Waals surface area contributed by atoms with Crippen LogP contribution in [0.1, 0.15) is 58.3 Å². The van der Waals surface area contributed by atoms with Crippen molar-refractivity contribution in [1.82, 2.24) is 15.1 Å². The maximum Gasteiger partial charge on any atom is 0.244 e. The summed E-state index contributed by atoms with van der Waals surface area (Å²) in [6.07, 6.45) is 10.1. The molecule has 0 bridgehead atoms. The number of amides is 1. The summed E-state index contributed by atoms with van der Waals surface area (Å²) in [7, 11) is 2.21. The Morgan fingerprint density at radius 1 is 1.19 bits per heavy atom. The molecule has 21 heavy (non-hydrogen) atoms. The number of hydrogen-bond acceptors (Lipinski definition) is 3. The van der Waals surface area contributed by atoms with Crippen molar-refractivity contribution in [1.29, 1.82) is 0 Å². The van der Waals surface area contributed by atoms with Crippen LogP contribution in [0.2, 0.25) is 0 Å². The molecule has 0 radical (unpaired) electrons. The minimum Gasteiger partial charge on any atom is -0.322 e. The van der Waals surface area contributed by atoms with Crippen molar-refractivity contribution in [3.05, 3.63) is 0 Å². The minimum atomic E-state index is -0.139. The highest BCUT2D eigenvalue weighted by Gasteiger charge is 2.61. The Morgan fingerprint density at radius 3 is 2.52 bits per heavy atom. The molecule has 0 aromatic carbocycles. The molecular formula is C17H29N3O. The Morgan fingerprint density at radius 2 is 1.90 bits per heavy atom. The van der Waals surface area contributed by atoms with Gasteiger partial charge >= 0.3 is 0 Å². The summed E-state index contributed by atoms with van der Waals surface area (Å²) >= 11 is 0. The normalized spacial score (nSPS) is 40.4. The van der Waals surface area contributed by atoms with Crippen molar-refractivity contribution in [2.45, 2.75) is 82.1 Å². The van der Waals surface area contributed by atoms with Crippen molar-refractivity contribution in [3.63, 3.8) is 0 Å². The second kappa shape index (κ2) is 4.95. The summed E-state index contributed by atoms with van der Waals surface area (Å²) in [5, 5.41) is 3.77. The number of carbonyl (C=O) groups is 1. The minimum absolute atomic E-state index is 0.139. The lowest BCUT2D eigenvalue weighted by Crippen LogP contribution is -2.53. The summed E-state index contributed by atoms with van der Waals surface area (Å²) in [6.45, 7) is 3.43. The third-order valence-electron chi connectivity index (χ3n) is 6.54. The molecule has 4 nitrogen and oxygen atoms in total. The summed E-state index contributed by atoms with van der Waals surface area (Å²) < 4.78 is 0. The van der Waals surface area contributed by atoms with E-state index in [0.717, 1.165) is 32.2 Å². The molecule has 4 fully saturated rings. The predicted octanol–water partition coefficient (Wildman–Crippen LogP) is 1.95. The van der Waals surface area contributed by atoms with Crippen LogP contribution < -0.4 is 5.32 Å². The number of nitrogens with one attached hydrogen (secondary N) is 1. The maximum absolute atomic E-state index is 13.0. The highest BCUT2D eigenvalue weighted by atomic mass is 16.2. The molecule has 0 aromatic rings. The van der Waals surface area contributed by atoms with Gasteiger partial charge < -0.3 is 9.80 Å².